The molecule has 1 aromatic carbocycles. The maximum absolute atomic E-state index is 14.5. The number of hydrogen-bond donors (Lipinski definition) is 0. The Kier molecular flexibility index (Phi) is 7.46. The standard InChI is InChI=1S/C22H32ClFN2O3S/c1-15-6-4-9-21(16(15)2)26(14-18-19(23)7-5-8-20(18)24)22(27)17-10-12-25(13-11-17)30(3,28)29/h5,7-8,15-17,21H,4,6,9-14H2,1-3H3/t15-,16-,21+/m1/s1. The van der Waals surface area contributed by atoms with Crippen molar-refractivity contribution in [2.45, 2.75) is 58.5 Å². The molecule has 0 N–H and O–H groups in total. The first kappa shape index (κ1) is 23.5. The number of piperidine rings is 1. The number of sulfonamides is 1. The molecular formula is C22H32ClFN2O3S. The van der Waals surface area contributed by atoms with Crippen LogP contribution in [0.4, 0.5) is 4.39 Å². The van der Waals surface area contributed by atoms with Crippen LogP contribution in [0.5, 0.6) is 0 Å². The lowest BCUT2D eigenvalue weighted by Crippen LogP contribution is -2.51. The van der Waals surface area contributed by atoms with Gasteiger partial charge < -0.3 is 4.90 Å². The average molecular weight is 459 g/mol. The van der Waals surface area contributed by atoms with Gasteiger partial charge in [0.15, 0.2) is 0 Å². The quantitative estimate of drug-likeness (QED) is 0.660. The van der Waals surface area contributed by atoms with Crippen molar-refractivity contribution in [2.24, 2.45) is 17.8 Å². The first-order valence-corrected chi connectivity index (χ1v) is 13.0. The number of benzene rings is 1. The van der Waals surface area contributed by atoms with Crippen LogP contribution >= 0.6 is 11.6 Å². The highest BCUT2D eigenvalue weighted by molar-refractivity contribution is 7.88. The van der Waals surface area contributed by atoms with Gasteiger partial charge in [-0.15, -0.1) is 0 Å². The lowest BCUT2D eigenvalue weighted by molar-refractivity contribution is -0.142. The van der Waals surface area contributed by atoms with E-state index in [2.05, 4.69) is 13.8 Å². The van der Waals surface area contributed by atoms with Crippen LogP contribution in [0.15, 0.2) is 18.2 Å². The summed E-state index contributed by atoms with van der Waals surface area (Å²) in [4.78, 5) is 15.5. The fraction of sp³-hybridized carbons (Fsp3) is 0.682. The number of carbonyl (C=O) groups excluding carboxylic acids is 1. The Morgan fingerprint density at radius 1 is 1.20 bits per heavy atom. The molecule has 3 atom stereocenters. The van der Waals surface area contributed by atoms with E-state index in [0.717, 1.165) is 19.3 Å². The fourth-order valence-corrected chi connectivity index (χ4v) is 5.97. The summed E-state index contributed by atoms with van der Waals surface area (Å²) in [6.07, 6.45) is 5.25. The van der Waals surface area contributed by atoms with E-state index in [9.17, 15) is 17.6 Å². The molecule has 3 rings (SSSR count). The summed E-state index contributed by atoms with van der Waals surface area (Å²) in [6.45, 7) is 5.23. The normalized spacial score (nSPS) is 26.5. The topological polar surface area (TPSA) is 57.7 Å². The highest BCUT2D eigenvalue weighted by atomic mass is 35.5. The zero-order chi connectivity index (χ0) is 22.1. The van der Waals surface area contributed by atoms with Crippen molar-refractivity contribution in [1.82, 2.24) is 9.21 Å². The smallest absolute Gasteiger partial charge is 0.226 e. The van der Waals surface area contributed by atoms with E-state index >= 15 is 0 Å². The molecule has 168 valence electrons. The summed E-state index contributed by atoms with van der Waals surface area (Å²) in [5.41, 5.74) is 0.353. The third kappa shape index (κ3) is 5.17. The number of amides is 1. The third-order valence-electron chi connectivity index (χ3n) is 7.01. The Morgan fingerprint density at radius 2 is 1.87 bits per heavy atom. The van der Waals surface area contributed by atoms with E-state index in [1.165, 1.54) is 16.6 Å². The number of nitrogens with zero attached hydrogens (tertiary/aromatic N) is 2. The second kappa shape index (κ2) is 9.53. The first-order valence-electron chi connectivity index (χ1n) is 10.8. The van der Waals surface area contributed by atoms with Crippen molar-refractivity contribution in [1.29, 1.82) is 0 Å². The summed E-state index contributed by atoms with van der Waals surface area (Å²) in [6, 6.07) is 4.63. The van der Waals surface area contributed by atoms with Gasteiger partial charge >= 0.3 is 0 Å². The maximum Gasteiger partial charge on any atom is 0.226 e. The lowest BCUT2D eigenvalue weighted by Gasteiger charge is -2.44. The van der Waals surface area contributed by atoms with E-state index < -0.39 is 15.8 Å². The van der Waals surface area contributed by atoms with E-state index in [1.54, 1.807) is 12.1 Å². The molecule has 0 bridgehead atoms. The minimum absolute atomic E-state index is 0.00609. The van der Waals surface area contributed by atoms with E-state index in [1.807, 2.05) is 4.90 Å². The van der Waals surface area contributed by atoms with Gasteiger partial charge in [0, 0.05) is 35.6 Å². The van der Waals surface area contributed by atoms with Crippen molar-refractivity contribution in [3.8, 4) is 0 Å². The Labute approximate surface area is 184 Å². The molecule has 1 aliphatic carbocycles. The minimum atomic E-state index is -3.25. The summed E-state index contributed by atoms with van der Waals surface area (Å²) in [5, 5.41) is 0.330. The molecule has 1 saturated carbocycles. The van der Waals surface area contributed by atoms with Gasteiger partial charge in [-0.2, -0.15) is 0 Å². The summed E-state index contributed by atoms with van der Waals surface area (Å²) < 4.78 is 39.6. The zero-order valence-electron chi connectivity index (χ0n) is 18.0. The van der Waals surface area contributed by atoms with Crippen molar-refractivity contribution in [3.05, 3.63) is 34.6 Å². The molecule has 0 aromatic heterocycles. The van der Waals surface area contributed by atoms with Gasteiger partial charge in [0.1, 0.15) is 5.82 Å². The molecule has 8 heteroatoms. The Balaban J connectivity index is 1.85. The molecule has 0 radical (unpaired) electrons. The van der Waals surface area contributed by atoms with Gasteiger partial charge in [-0.05, 0) is 43.2 Å². The monoisotopic (exact) mass is 458 g/mol. The number of halogens is 2. The SMILES string of the molecule is C[C@@H]1[C@H](C)CCC[C@@H]1N(Cc1c(F)cccc1Cl)C(=O)C1CCN(S(C)(=O)=O)CC1. The molecule has 1 aliphatic heterocycles. The maximum atomic E-state index is 14.5. The second-order valence-electron chi connectivity index (χ2n) is 8.94. The minimum Gasteiger partial charge on any atom is -0.335 e. The van der Waals surface area contributed by atoms with Crippen molar-refractivity contribution in [3.63, 3.8) is 0 Å². The van der Waals surface area contributed by atoms with Crippen LogP contribution in [0.3, 0.4) is 0 Å². The van der Waals surface area contributed by atoms with Crippen LogP contribution in [0, 0.1) is 23.6 Å². The number of carbonyl (C=O) groups is 1. The Bertz CT molecular complexity index is 851. The van der Waals surface area contributed by atoms with Crippen molar-refractivity contribution in [2.75, 3.05) is 19.3 Å². The highest BCUT2D eigenvalue weighted by Crippen LogP contribution is 2.36. The van der Waals surface area contributed by atoms with Gasteiger partial charge in [0.2, 0.25) is 15.9 Å². The Morgan fingerprint density at radius 3 is 2.47 bits per heavy atom. The van der Waals surface area contributed by atoms with Gasteiger partial charge in [-0.1, -0.05) is 44.4 Å². The average Bonchev–Trinajstić information content (AvgIpc) is 2.69. The summed E-state index contributed by atoms with van der Waals surface area (Å²) in [7, 11) is -3.25. The molecule has 0 unspecified atom stereocenters. The molecule has 1 saturated heterocycles. The fourth-order valence-electron chi connectivity index (χ4n) is 4.87. The van der Waals surface area contributed by atoms with Crippen molar-refractivity contribution >= 4 is 27.5 Å². The van der Waals surface area contributed by atoms with E-state index in [-0.39, 0.29) is 24.4 Å². The van der Waals surface area contributed by atoms with Gasteiger partial charge in [0.25, 0.3) is 0 Å². The predicted octanol–water partition coefficient (Wildman–Crippen LogP) is 4.30. The molecule has 2 aliphatic rings. The van der Waals surface area contributed by atoms with Gasteiger partial charge in [0.05, 0.1) is 12.8 Å². The molecule has 30 heavy (non-hydrogen) atoms. The van der Waals surface area contributed by atoms with Crippen molar-refractivity contribution < 1.29 is 17.6 Å². The third-order valence-corrected chi connectivity index (χ3v) is 8.67. The van der Waals surface area contributed by atoms with Gasteiger partial charge in [-0.25, -0.2) is 17.1 Å². The number of hydrogen-bond acceptors (Lipinski definition) is 3. The van der Waals surface area contributed by atoms with Crippen LogP contribution in [0.2, 0.25) is 5.02 Å². The molecule has 2 fully saturated rings. The number of rotatable bonds is 5. The predicted molar refractivity (Wildman–Crippen MR) is 117 cm³/mol. The second-order valence-corrected chi connectivity index (χ2v) is 11.3. The molecule has 1 amide bonds. The Hall–Kier alpha value is -1.18. The molecule has 1 aromatic rings. The summed E-state index contributed by atoms with van der Waals surface area (Å²) >= 11 is 6.29. The molecular weight excluding hydrogens is 427 g/mol. The molecule has 1 heterocycles. The van der Waals surface area contributed by atoms with Crippen LogP contribution in [-0.2, 0) is 21.4 Å². The van der Waals surface area contributed by atoms with Crippen LogP contribution < -0.4 is 0 Å². The van der Waals surface area contributed by atoms with E-state index in [4.69, 9.17) is 11.6 Å². The first-order chi connectivity index (χ1) is 14.1. The lowest BCUT2D eigenvalue weighted by atomic mass is 9.76. The zero-order valence-corrected chi connectivity index (χ0v) is 19.6. The summed E-state index contributed by atoms with van der Waals surface area (Å²) in [5.74, 6) is 0.140. The molecule has 5 nitrogen and oxygen atoms in total. The largest absolute Gasteiger partial charge is 0.335 e. The van der Waals surface area contributed by atoms with Crippen LogP contribution in [-0.4, -0.2) is 48.9 Å². The van der Waals surface area contributed by atoms with Crippen LogP contribution in [0.1, 0.15) is 51.5 Å². The van der Waals surface area contributed by atoms with Crippen LogP contribution in [0.25, 0.3) is 0 Å². The highest BCUT2D eigenvalue weighted by Gasteiger charge is 2.38. The van der Waals surface area contributed by atoms with Gasteiger partial charge in [-0.3, -0.25) is 4.79 Å². The molecule has 0 spiro atoms. The van der Waals surface area contributed by atoms with E-state index in [0.29, 0.717) is 48.4 Å².